The number of hydrogen-bond donors (Lipinski definition) is 1. The number of ether oxygens (including phenoxy) is 2. The summed E-state index contributed by atoms with van der Waals surface area (Å²) in [4.78, 5) is 12.8. The summed E-state index contributed by atoms with van der Waals surface area (Å²) in [5, 5.41) is 3.56. The summed E-state index contributed by atoms with van der Waals surface area (Å²) >= 11 is 6.13. The Morgan fingerprint density at radius 2 is 1.79 bits per heavy atom. The zero-order valence-electron chi connectivity index (χ0n) is 14.0. The molecule has 0 unspecified atom stereocenters. The van der Waals surface area contributed by atoms with Crippen molar-refractivity contribution in [3.05, 3.63) is 52.5 Å². The van der Waals surface area contributed by atoms with E-state index in [0.717, 1.165) is 11.1 Å². The molecule has 0 atom stereocenters. The summed E-state index contributed by atoms with van der Waals surface area (Å²) in [6.45, 7) is 6.75. The summed E-state index contributed by atoms with van der Waals surface area (Å²) in [7, 11) is 0. The first-order valence-electron chi connectivity index (χ1n) is 7.85. The van der Waals surface area contributed by atoms with Gasteiger partial charge < -0.3 is 14.8 Å². The molecule has 1 aliphatic rings. The monoisotopic (exact) mass is 345 g/mol. The molecule has 1 N–H and O–H groups in total. The number of benzene rings is 2. The fraction of sp³-hybridized carbons (Fsp3) is 0.316. The smallest absolute Gasteiger partial charge is 0.234 e. The molecule has 1 aliphatic heterocycles. The minimum absolute atomic E-state index is 0.112. The molecule has 0 aromatic heterocycles. The van der Waals surface area contributed by atoms with E-state index in [9.17, 15) is 4.79 Å². The van der Waals surface area contributed by atoms with E-state index in [1.807, 2.05) is 51.1 Å². The molecule has 2 aromatic rings. The lowest BCUT2D eigenvalue weighted by Gasteiger charge is -2.26. The lowest BCUT2D eigenvalue weighted by atomic mass is 9.83. The molecular weight excluding hydrogens is 326 g/mol. The van der Waals surface area contributed by atoms with E-state index in [-0.39, 0.29) is 5.91 Å². The van der Waals surface area contributed by atoms with Crippen LogP contribution in [0, 0.1) is 6.92 Å². The van der Waals surface area contributed by atoms with Crippen LogP contribution >= 0.6 is 11.6 Å². The van der Waals surface area contributed by atoms with Crippen molar-refractivity contribution >= 4 is 23.2 Å². The topological polar surface area (TPSA) is 47.6 Å². The molecule has 5 heteroatoms. The Hall–Kier alpha value is -2.20. The maximum absolute atomic E-state index is 12.8. The molecule has 0 saturated heterocycles. The SMILES string of the molecule is Cc1ccc(NC(=O)C(C)(C)c2ccc3c(c2)OCCO3)cc1Cl. The van der Waals surface area contributed by atoms with Crippen LogP contribution in [0.1, 0.15) is 25.0 Å². The predicted molar refractivity (Wildman–Crippen MR) is 95.3 cm³/mol. The fourth-order valence-electron chi connectivity index (χ4n) is 2.52. The van der Waals surface area contributed by atoms with Crippen molar-refractivity contribution < 1.29 is 14.3 Å². The highest BCUT2D eigenvalue weighted by Crippen LogP contribution is 2.35. The molecule has 3 rings (SSSR count). The molecular formula is C19H20ClNO3. The van der Waals surface area contributed by atoms with Crippen molar-refractivity contribution in [1.29, 1.82) is 0 Å². The molecule has 0 radical (unpaired) electrons. The van der Waals surface area contributed by atoms with Crippen molar-refractivity contribution in [3.63, 3.8) is 0 Å². The summed E-state index contributed by atoms with van der Waals surface area (Å²) in [6.07, 6.45) is 0. The van der Waals surface area contributed by atoms with Crippen molar-refractivity contribution in [1.82, 2.24) is 0 Å². The van der Waals surface area contributed by atoms with E-state index in [1.165, 1.54) is 0 Å². The second-order valence-corrected chi connectivity index (χ2v) is 6.81. The highest BCUT2D eigenvalue weighted by molar-refractivity contribution is 6.31. The summed E-state index contributed by atoms with van der Waals surface area (Å²) < 4.78 is 11.1. The number of carbonyl (C=O) groups excluding carboxylic acids is 1. The van der Waals surface area contributed by atoms with E-state index < -0.39 is 5.41 Å². The number of anilines is 1. The van der Waals surface area contributed by atoms with Crippen molar-refractivity contribution in [2.24, 2.45) is 0 Å². The lowest BCUT2D eigenvalue weighted by Crippen LogP contribution is -2.34. The summed E-state index contributed by atoms with van der Waals surface area (Å²) in [5.41, 5.74) is 1.79. The zero-order chi connectivity index (χ0) is 17.3. The molecule has 0 spiro atoms. The van der Waals surface area contributed by atoms with E-state index in [0.29, 0.717) is 35.4 Å². The van der Waals surface area contributed by atoms with Crippen LogP contribution in [0.25, 0.3) is 0 Å². The largest absolute Gasteiger partial charge is 0.486 e. The third kappa shape index (κ3) is 3.20. The Balaban J connectivity index is 1.83. The zero-order valence-corrected chi connectivity index (χ0v) is 14.7. The van der Waals surface area contributed by atoms with Crippen LogP contribution in [0.5, 0.6) is 11.5 Å². The van der Waals surface area contributed by atoms with Crippen LogP contribution in [0.2, 0.25) is 5.02 Å². The second-order valence-electron chi connectivity index (χ2n) is 6.40. The van der Waals surface area contributed by atoms with Crippen LogP contribution in [-0.4, -0.2) is 19.1 Å². The first kappa shape index (κ1) is 16.7. The maximum atomic E-state index is 12.8. The van der Waals surface area contributed by atoms with Gasteiger partial charge in [-0.3, -0.25) is 4.79 Å². The van der Waals surface area contributed by atoms with Gasteiger partial charge in [0.15, 0.2) is 11.5 Å². The Bertz CT molecular complexity index is 786. The highest BCUT2D eigenvalue weighted by Gasteiger charge is 2.31. The van der Waals surface area contributed by atoms with Gasteiger partial charge in [-0.15, -0.1) is 0 Å². The average Bonchev–Trinajstić information content (AvgIpc) is 2.57. The van der Waals surface area contributed by atoms with Gasteiger partial charge in [0.05, 0.1) is 5.41 Å². The summed E-state index contributed by atoms with van der Waals surface area (Å²) in [6, 6.07) is 11.1. The number of nitrogens with one attached hydrogen (secondary N) is 1. The third-order valence-corrected chi connectivity index (χ3v) is 4.67. The summed E-state index contributed by atoms with van der Waals surface area (Å²) in [5.74, 6) is 1.28. The molecule has 0 aliphatic carbocycles. The molecule has 4 nitrogen and oxygen atoms in total. The molecule has 1 amide bonds. The quantitative estimate of drug-likeness (QED) is 0.900. The maximum Gasteiger partial charge on any atom is 0.234 e. The molecule has 2 aromatic carbocycles. The molecule has 0 bridgehead atoms. The van der Waals surface area contributed by atoms with E-state index in [1.54, 1.807) is 6.07 Å². The first-order valence-corrected chi connectivity index (χ1v) is 8.23. The normalized spacial score (nSPS) is 13.5. The van der Waals surface area contributed by atoms with Gasteiger partial charge in [-0.2, -0.15) is 0 Å². The number of rotatable bonds is 3. The van der Waals surface area contributed by atoms with Gasteiger partial charge in [-0.1, -0.05) is 23.7 Å². The Morgan fingerprint density at radius 3 is 2.50 bits per heavy atom. The van der Waals surface area contributed by atoms with Crippen LogP contribution in [0.15, 0.2) is 36.4 Å². The van der Waals surface area contributed by atoms with E-state index in [2.05, 4.69) is 5.32 Å². The van der Waals surface area contributed by atoms with Crippen molar-refractivity contribution in [2.45, 2.75) is 26.2 Å². The fourth-order valence-corrected chi connectivity index (χ4v) is 2.70. The van der Waals surface area contributed by atoms with Gasteiger partial charge in [-0.25, -0.2) is 0 Å². The van der Waals surface area contributed by atoms with Gasteiger partial charge in [-0.05, 0) is 56.2 Å². The Labute approximate surface area is 146 Å². The molecule has 1 heterocycles. The number of halogens is 1. The van der Waals surface area contributed by atoms with E-state index >= 15 is 0 Å². The van der Waals surface area contributed by atoms with Crippen LogP contribution < -0.4 is 14.8 Å². The number of carbonyl (C=O) groups is 1. The second kappa shape index (κ2) is 6.36. The minimum atomic E-state index is -0.729. The molecule has 126 valence electrons. The van der Waals surface area contributed by atoms with Crippen LogP contribution in [0.4, 0.5) is 5.69 Å². The van der Waals surface area contributed by atoms with Gasteiger partial charge >= 0.3 is 0 Å². The van der Waals surface area contributed by atoms with Gasteiger partial charge in [0.2, 0.25) is 5.91 Å². The molecule has 0 fully saturated rings. The highest BCUT2D eigenvalue weighted by atomic mass is 35.5. The van der Waals surface area contributed by atoms with Crippen molar-refractivity contribution in [3.8, 4) is 11.5 Å². The van der Waals surface area contributed by atoms with Gasteiger partial charge in [0.1, 0.15) is 13.2 Å². The van der Waals surface area contributed by atoms with Crippen molar-refractivity contribution in [2.75, 3.05) is 18.5 Å². The number of hydrogen-bond acceptors (Lipinski definition) is 3. The number of aryl methyl sites for hydroxylation is 1. The van der Waals surface area contributed by atoms with Gasteiger partial charge in [0.25, 0.3) is 0 Å². The molecule has 24 heavy (non-hydrogen) atoms. The number of fused-ring (bicyclic) bond motifs is 1. The number of amides is 1. The average molecular weight is 346 g/mol. The van der Waals surface area contributed by atoms with E-state index in [4.69, 9.17) is 21.1 Å². The first-order chi connectivity index (χ1) is 11.4. The van der Waals surface area contributed by atoms with Gasteiger partial charge in [0, 0.05) is 10.7 Å². The third-order valence-electron chi connectivity index (χ3n) is 4.26. The Kier molecular flexibility index (Phi) is 4.41. The minimum Gasteiger partial charge on any atom is -0.486 e. The van der Waals surface area contributed by atoms with Crippen LogP contribution in [0.3, 0.4) is 0 Å². The predicted octanol–water partition coefficient (Wildman–Crippen LogP) is 4.34. The standard InChI is InChI=1S/C19H20ClNO3/c1-12-4-6-14(11-15(12)20)21-18(22)19(2,3)13-5-7-16-17(10-13)24-9-8-23-16/h4-7,10-11H,8-9H2,1-3H3,(H,21,22). The van der Waals surface area contributed by atoms with Crippen LogP contribution in [-0.2, 0) is 10.2 Å². The lowest BCUT2D eigenvalue weighted by molar-refractivity contribution is -0.120. The Morgan fingerprint density at radius 1 is 1.08 bits per heavy atom. The molecule has 0 saturated carbocycles.